The third-order valence-electron chi connectivity index (χ3n) is 9.03. The number of hydrogen-bond donors (Lipinski definition) is 5. The molecule has 1 fully saturated rings. The molecule has 13 nitrogen and oxygen atoms in total. The van der Waals surface area contributed by atoms with Gasteiger partial charge in [-0.2, -0.15) is 0 Å². The van der Waals surface area contributed by atoms with Crippen molar-refractivity contribution >= 4 is 37.5 Å². The van der Waals surface area contributed by atoms with E-state index in [2.05, 4.69) is 5.32 Å². The predicted octanol–water partition coefficient (Wildman–Crippen LogP) is 1.56. The van der Waals surface area contributed by atoms with E-state index in [1.54, 1.807) is 6.92 Å². The molecule has 3 aliphatic rings. The Kier molecular flexibility index (Phi) is 10.3. The van der Waals surface area contributed by atoms with Gasteiger partial charge in [-0.1, -0.05) is 12.1 Å². The summed E-state index contributed by atoms with van der Waals surface area (Å²) >= 11 is 0. The lowest BCUT2D eigenvalue weighted by Gasteiger charge is -2.42. The lowest BCUT2D eigenvalue weighted by atomic mass is 9.72. The average molecular weight is 650 g/mol. The van der Waals surface area contributed by atoms with Crippen molar-refractivity contribution in [3.63, 3.8) is 0 Å². The maximum atomic E-state index is 13.8. The molecule has 14 heteroatoms. The van der Waals surface area contributed by atoms with Crippen LogP contribution in [0.5, 0.6) is 17.2 Å². The Morgan fingerprint density at radius 2 is 1.72 bits per heavy atom. The van der Waals surface area contributed by atoms with Crippen LogP contribution in [0.25, 0.3) is 0 Å². The molecule has 6 atom stereocenters. The van der Waals surface area contributed by atoms with E-state index in [4.69, 9.17) is 14.2 Å². The fourth-order valence-electron chi connectivity index (χ4n) is 6.54. The van der Waals surface area contributed by atoms with Gasteiger partial charge in [-0.3, -0.25) is 19.2 Å². The van der Waals surface area contributed by atoms with Gasteiger partial charge in [-0.15, -0.1) is 0 Å². The third-order valence-corrected chi connectivity index (χ3v) is 9.03. The van der Waals surface area contributed by atoms with Crippen LogP contribution in [0.4, 0.5) is 0 Å². The molecule has 4 unspecified atom stereocenters. The van der Waals surface area contributed by atoms with Gasteiger partial charge >= 0.3 is 0 Å². The zero-order valence-corrected chi connectivity index (χ0v) is 26.5. The Balaban J connectivity index is 0.00000500. The minimum atomic E-state index is -2.08. The van der Waals surface area contributed by atoms with Crippen LogP contribution in [0.2, 0.25) is 0 Å². The summed E-state index contributed by atoms with van der Waals surface area (Å²) in [6.45, 7) is 4.14. The van der Waals surface area contributed by atoms with Gasteiger partial charge in [0.05, 0.1) is 42.0 Å². The van der Waals surface area contributed by atoms with E-state index in [-0.39, 0.29) is 67.4 Å². The number of methoxy groups -OCH3 is 1. The smallest absolute Gasteiger partial charge is 0.220 e. The van der Waals surface area contributed by atoms with Gasteiger partial charge in [-0.25, -0.2) is 0 Å². The second-order valence-electron chi connectivity index (χ2n) is 12.2. The Bertz CT molecular complexity index is 1640. The van der Waals surface area contributed by atoms with Crippen LogP contribution in [0.3, 0.4) is 0 Å². The van der Waals surface area contributed by atoms with E-state index >= 15 is 0 Å². The predicted molar refractivity (Wildman–Crippen MR) is 165 cm³/mol. The van der Waals surface area contributed by atoms with Gasteiger partial charge < -0.3 is 44.7 Å². The lowest BCUT2D eigenvalue weighted by Crippen LogP contribution is -2.55. The molecule has 5 N–H and O–H groups in total. The average Bonchev–Trinajstić information content (AvgIpc) is 2.99. The summed E-state index contributed by atoms with van der Waals surface area (Å²) in [7, 11) is 1.32. The van der Waals surface area contributed by atoms with E-state index in [0.717, 1.165) is 6.92 Å². The van der Waals surface area contributed by atoms with E-state index in [9.17, 15) is 44.4 Å². The SMILES string of the molecule is COc1cccc2c1C(=O)c1c(O)c3c(c(O)c1C2=O)C[C@@](O)(C(C)=O)C[C@@H]3OC1CC(NC(=O)CCCC(C)=O)C(O)C(C)O1.[B]. The number of carbonyl (C=O) groups is 5. The Hall–Kier alpha value is -4.11. The lowest BCUT2D eigenvalue weighted by molar-refractivity contribution is -0.249. The van der Waals surface area contributed by atoms with Crippen molar-refractivity contribution in [3.05, 3.63) is 51.6 Å². The number of phenols is 2. The Morgan fingerprint density at radius 3 is 2.36 bits per heavy atom. The topological polar surface area (TPSA) is 206 Å². The number of phenolic OH excluding ortho intramolecular Hbond substituents is 2. The summed E-state index contributed by atoms with van der Waals surface area (Å²) in [6, 6.07) is 3.55. The number of ketones is 4. The molecule has 1 aliphatic heterocycles. The zero-order chi connectivity index (χ0) is 33.7. The van der Waals surface area contributed by atoms with Gasteiger partial charge in [0.2, 0.25) is 11.7 Å². The van der Waals surface area contributed by atoms with Crippen LogP contribution >= 0.6 is 0 Å². The highest BCUT2D eigenvalue weighted by Crippen LogP contribution is 2.52. The van der Waals surface area contributed by atoms with Crippen molar-refractivity contribution in [1.82, 2.24) is 5.32 Å². The first-order chi connectivity index (χ1) is 21.7. The van der Waals surface area contributed by atoms with Crippen molar-refractivity contribution in [2.75, 3.05) is 7.11 Å². The summed E-state index contributed by atoms with van der Waals surface area (Å²) in [5.41, 5.74) is -3.40. The number of ether oxygens (including phenoxy) is 3. The first-order valence-electron chi connectivity index (χ1n) is 15.1. The van der Waals surface area contributed by atoms with Gasteiger partial charge in [0.1, 0.15) is 34.7 Å². The number of nitrogens with one attached hydrogen (secondary N) is 1. The van der Waals surface area contributed by atoms with E-state index in [0.29, 0.717) is 6.42 Å². The van der Waals surface area contributed by atoms with E-state index in [1.807, 2.05) is 0 Å². The monoisotopic (exact) mass is 650 g/mol. The number of aliphatic hydroxyl groups excluding tert-OH is 1. The van der Waals surface area contributed by atoms with Crippen molar-refractivity contribution in [1.29, 1.82) is 0 Å². The molecular weight excluding hydrogens is 613 g/mol. The number of rotatable bonds is 9. The number of aliphatic hydroxyl groups is 2. The number of fused-ring (bicyclic) bond motifs is 3. The second kappa shape index (κ2) is 13.6. The summed E-state index contributed by atoms with van der Waals surface area (Å²) in [4.78, 5) is 63.9. The molecule has 47 heavy (non-hydrogen) atoms. The van der Waals surface area contributed by atoms with Crippen molar-refractivity contribution in [3.8, 4) is 17.2 Å². The summed E-state index contributed by atoms with van der Waals surface area (Å²) in [5.74, 6) is -3.88. The minimum Gasteiger partial charge on any atom is -0.507 e. The van der Waals surface area contributed by atoms with Gasteiger partial charge in [0, 0.05) is 57.2 Å². The molecule has 0 bridgehead atoms. The van der Waals surface area contributed by atoms with Crippen molar-refractivity contribution in [2.24, 2.45) is 0 Å². The highest BCUT2D eigenvalue weighted by Gasteiger charge is 2.49. The van der Waals surface area contributed by atoms with Crippen LogP contribution < -0.4 is 10.1 Å². The molecule has 0 aromatic heterocycles. The number of carbonyl (C=O) groups excluding carboxylic acids is 5. The van der Waals surface area contributed by atoms with Crippen molar-refractivity contribution in [2.45, 2.75) is 95.5 Å². The molecule has 1 saturated heterocycles. The molecule has 2 aromatic rings. The fraction of sp³-hybridized carbons (Fsp3) is 0.485. The number of hydrogen-bond acceptors (Lipinski definition) is 12. The molecule has 0 saturated carbocycles. The molecule has 1 heterocycles. The quantitative estimate of drug-likeness (QED) is 0.165. The van der Waals surface area contributed by atoms with E-state index in [1.165, 1.54) is 32.2 Å². The van der Waals surface area contributed by atoms with E-state index < -0.39 is 89.1 Å². The van der Waals surface area contributed by atoms with Crippen LogP contribution in [0.15, 0.2) is 18.2 Å². The Morgan fingerprint density at radius 1 is 1.04 bits per heavy atom. The highest BCUT2D eigenvalue weighted by atomic mass is 16.7. The number of amides is 1. The fourth-order valence-corrected chi connectivity index (χ4v) is 6.54. The minimum absolute atomic E-state index is 0. The number of benzene rings is 2. The van der Waals surface area contributed by atoms with Crippen molar-refractivity contribution < 1.29 is 58.6 Å². The molecular formula is C33H37BNO12. The summed E-state index contributed by atoms with van der Waals surface area (Å²) in [5, 5.41) is 48.0. The van der Waals surface area contributed by atoms with Crippen LogP contribution in [-0.2, 0) is 30.3 Å². The first-order valence-corrected chi connectivity index (χ1v) is 15.1. The van der Waals surface area contributed by atoms with Crippen LogP contribution in [-0.4, -0.2) is 95.1 Å². The third kappa shape index (κ3) is 6.42. The molecule has 0 spiro atoms. The van der Waals surface area contributed by atoms with Gasteiger partial charge in [0.15, 0.2) is 17.9 Å². The number of Topliss-reactive ketones (excluding diaryl/α,β-unsaturated/α-hetero) is 2. The maximum absolute atomic E-state index is 13.8. The Labute approximate surface area is 272 Å². The van der Waals surface area contributed by atoms with Gasteiger partial charge in [0.25, 0.3) is 0 Å². The molecule has 2 aromatic carbocycles. The zero-order valence-electron chi connectivity index (χ0n) is 26.5. The summed E-state index contributed by atoms with van der Waals surface area (Å²) < 4.78 is 17.4. The molecule has 2 aliphatic carbocycles. The first kappa shape index (κ1) is 35.7. The maximum Gasteiger partial charge on any atom is 0.220 e. The largest absolute Gasteiger partial charge is 0.507 e. The highest BCUT2D eigenvalue weighted by molar-refractivity contribution is 6.31. The second-order valence-corrected chi connectivity index (χ2v) is 12.2. The normalized spacial score (nSPS) is 26.3. The van der Waals surface area contributed by atoms with Gasteiger partial charge in [-0.05, 0) is 33.3 Å². The molecule has 5 rings (SSSR count). The number of aromatic hydroxyl groups is 2. The molecule has 1 amide bonds. The van der Waals surface area contributed by atoms with Crippen LogP contribution in [0.1, 0.15) is 102 Å². The molecule has 3 radical (unpaired) electrons. The standard InChI is InChI=1S/C33H37NO12.B/c1-14(35)7-5-10-22(37)34-19-11-23(45-15(2)28(19)38)46-21-13-33(43,16(3)36)12-18-25(21)32(42)27-26(30(18)40)29(39)17-8-6-9-20(44-4)24(17)31(27)41;/h6,8-9,15,19,21,23,28,38,40,42-43H,5,7,10-13H2,1-4H3,(H,34,37);/t15?,19?,21-,23?,28?,33-;/m0./s1. The molecule has 249 valence electrons. The van der Waals surface area contributed by atoms with Crippen LogP contribution in [0, 0.1) is 0 Å². The summed E-state index contributed by atoms with van der Waals surface area (Å²) in [6.07, 6.45) is -4.77.